The largest absolute Gasteiger partial charge is 0.493 e. The molecule has 0 bridgehead atoms. The Labute approximate surface area is 342 Å². The molecule has 5 nitrogen and oxygen atoms in total. The van der Waals surface area contributed by atoms with Crippen LogP contribution in [0.5, 0.6) is 23.0 Å². The molecule has 0 aliphatic carbocycles. The third kappa shape index (κ3) is 9.75. The molecule has 0 radical (unpaired) electrons. The van der Waals surface area contributed by atoms with Crippen LogP contribution in [0.3, 0.4) is 0 Å². The van der Waals surface area contributed by atoms with E-state index in [-0.39, 0.29) is 28.3 Å². The SMILES string of the molecule is Cc1cc(C(C)(C)c2ccc(OC(C)(C)C)c(C)c2)ccc1OCC(C)(C)C(C)(C)Oc1ccc(C(C)(c2ccccc2)c2ccc(OC(=O)C(C)C)cc2)cc1. The Bertz CT molecular complexity index is 2130. The van der Waals surface area contributed by atoms with E-state index in [2.05, 4.69) is 168 Å². The summed E-state index contributed by atoms with van der Waals surface area (Å²) >= 11 is 0. The first-order chi connectivity index (χ1) is 26.5. The minimum atomic E-state index is -0.558. The van der Waals surface area contributed by atoms with Gasteiger partial charge in [0.25, 0.3) is 0 Å². The average Bonchev–Trinajstić information content (AvgIpc) is 3.15. The van der Waals surface area contributed by atoms with Gasteiger partial charge < -0.3 is 18.9 Å². The molecule has 57 heavy (non-hydrogen) atoms. The van der Waals surface area contributed by atoms with E-state index in [4.69, 9.17) is 18.9 Å². The summed E-state index contributed by atoms with van der Waals surface area (Å²) in [4.78, 5) is 12.2. The van der Waals surface area contributed by atoms with E-state index in [1.54, 1.807) is 0 Å². The zero-order valence-corrected chi connectivity index (χ0v) is 36.8. The summed E-state index contributed by atoms with van der Waals surface area (Å²) in [6.45, 7) is 30.0. The van der Waals surface area contributed by atoms with Crippen LogP contribution in [0.25, 0.3) is 0 Å². The Morgan fingerprint density at radius 1 is 0.544 bits per heavy atom. The minimum Gasteiger partial charge on any atom is -0.493 e. The fourth-order valence-corrected chi connectivity index (χ4v) is 6.93. The smallest absolute Gasteiger partial charge is 0.313 e. The normalized spacial score (nSPS) is 13.5. The van der Waals surface area contributed by atoms with E-state index >= 15 is 0 Å². The molecule has 0 fully saturated rings. The fraction of sp³-hybridized carbons (Fsp3) is 0.404. The Balaban J connectivity index is 1.29. The molecule has 0 saturated carbocycles. The number of hydrogen-bond donors (Lipinski definition) is 0. The highest BCUT2D eigenvalue weighted by atomic mass is 16.5. The maximum absolute atomic E-state index is 12.2. The second-order valence-corrected chi connectivity index (χ2v) is 18.7. The molecule has 0 amide bonds. The van der Waals surface area contributed by atoms with Crippen LogP contribution in [0.2, 0.25) is 0 Å². The van der Waals surface area contributed by atoms with Gasteiger partial charge in [0.05, 0.1) is 12.5 Å². The summed E-state index contributed by atoms with van der Waals surface area (Å²) in [5.41, 5.74) is 6.27. The highest BCUT2D eigenvalue weighted by molar-refractivity contribution is 5.74. The highest BCUT2D eigenvalue weighted by Crippen LogP contribution is 2.42. The lowest BCUT2D eigenvalue weighted by Gasteiger charge is -2.41. The molecular weight excluding hydrogens is 705 g/mol. The second kappa shape index (κ2) is 16.4. The third-order valence-electron chi connectivity index (χ3n) is 11.7. The van der Waals surface area contributed by atoms with Gasteiger partial charge in [-0.3, -0.25) is 4.79 Å². The van der Waals surface area contributed by atoms with Crippen molar-refractivity contribution in [3.63, 3.8) is 0 Å². The molecule has 1 unspecified atom stereocenters. The molecule has 5 heteroatoms. The zero-order chi connectivity index (χ0) is 42.0. The van der Waals surface area contributed by atoms with Gasteiger partial charge in [0.15, 0.2) is 0 Å². The Hall–Kier alpha value is -5.03. The fourth-order valence-electron chi connectivity index (χ4n) is 6.93. The summed E-state index contributed by atoms with van der Waals surface area (Å²) in [5, 5.41) is 0. The van der Waals surface area contributed by atoms with Crippen LogP contribution in [0.4, 0.5) is 0 Å². The van der Waals surface area contributed by atoms with E-state index in [1.165, 1.54) is 11.1 Å². The molecule has 0 spiro atoms. The predicted molar refractivity (Wildman–Crippen MR) is 234 cm³/mol. The van der Waals surface area contributed by atoms with Gasteiger partial charge in [-0.15, -0.1) is 0 Å². The van der Waals surface area contributed by atoms with Gasteiger partial charge in [-0.1, -0.05) is 120 Å². The number of ether oxygens (including phenoxy) is 4. The van der Waals surface area contributed by atoms with Crippen LogP contribution < -0.4 is 18.9 Å². The van der Waals surface area contributed by atoms with Crippen molar-refractivity contribution in [1.29, 1.82) is 0 Å². The zero-order valence-electron chi connectivity index (χ0n) is 36.8. The lowest BCUT2D eigenvalue weighted by atomic mass is 9.71. The van der Waals surface area contributed by atoms with Crippen LogP contribution in [-0.4, -0.2) is 23.8 Å². The van der Waals surface area contributed by atoms with Gasteiger partial charge in [0.2, 0.25) is 0 Å². The van der Waals surface area contributed by atoms with E-state index in [9.17, 15) is 4.79 Å². The van der Waals surface area contributed by atoms with Crippen molar-refractivity contribution in [2.45, 2.75) is 119 Å². The van der Waals surface area contributed by atoms with E-state index in [0.717, 1.165) is 45.1 Å². The van der Waals surface area contributed by atoms with Crippen molar-refractivity contribution in [3.8, 4) is 23.0 Å². The predicted octanol–water partition coefficient (Wildman–Crippen LogP) is 13.0. The van der Waals surface area contributed by atoms with Crippen molar-refractivity contribution >= 4 is 5.97 Å². The standard InChI is InChI=1S/C52H64O5/c1-35(2)47(53)55-43-26-20-39(21-27-43)52(14,38-18-16-15-17-19-38)40-22-28-44(29-23-40)56-51(12,13)49(8,9)34-54-45-30-24-41(32-36(45)3)50(10,11)42-25-31-46(37(4)33-42)57-48(5,6)7/h15-33,35H,34H2,1-14H3. The number of carbonyl (C=O) groups is 1. The molecule has 302 valence electrons. The van der Waals surface area contributed by atoms with Crippen LogP contribution in [0.1, 0.15) is 122 Å². The van der Waals surface area contributed by atoms with E-state index in [1.807, 2.05) is 44.2 Å². The molecule has 0 saturated heterocycles. The molecule has 0 aromatic heterocycles. The van der Waals surface area contributed by atoms with Crippen LogP contribution in [-0.2, 0) is 15.6 Å². The molecule has 5 aromatic rings. The number of aryl methyl sites for hydroxylation is 2. The highest BCUT2D eigenvalue weighted by Gasteiger charge is 2.41. The summed E-state index contributed by atoms with van der Waals surface area (Å²) in [6.07, 6.45) is 0. The Morgan fingerprint density at radius 2 is 1.00 bits per heavy atom. The van der Waals surface area contributed by atoms with Crippen molar-refractivity contribution in [2.24, 2.45) is 11.3 Å². The summed E-state index contributed by atoms with van der Waals surface area (Å²) in [5.74, 6) is 2.69. The quantitative estimate of drug-likeness (QED) is 0.0640. The number of benzene rings is 5. The van der Waals surface area contributed by atoms with Gasteiger partial charge in [-0.2, -0.15) is 0 Å². The number of esters is 1. The van der Waals surface area contributed by atoms with Gasteiger partial charge in [-0.05, 0) is 131 Å². The molecular formula is C52H64O5. The van der Waals surface area contributed by atoms with E-state index in [0.29, 0.717) is 12.4 Å². The number of rotatable bonds is 14. The third-order valence-corrected chi connectivity index (χ3v) is 11.7. The Kier molecular flexibility index (Phi) is 12.4. The summed E-state index contributed by atoms with van der Waals surface area (Å²) in [7, 11) is 0. The Morgan fingerprint density at radius 3 is 1.47 bits per heavy atom. The van der Waals surface area contributed by atoms with Crippen molar-refractivity contribution in [3.05, 3.63) is 154 Å². The molecule has 5 aromatic carbocycles. The van der Waals surface area contributed by atoms with Crippen LogP contribution in [0.15, 0.2) is 115 Å². The number of carbonyl (C=O) groups excluding carboxylic acids is 1. The van der Waals surface area contributed by atoms with Crippen molar-refractivity contribution in [2.75, 3.05) is 6.61 Å². The first-order valence-corrected chi connectivity index (χ1v) is 20.2. The second-order valence-electron chi connectivity index (χ2n) is 18.7. The van der Waals surface area contributed by atoms with Crippen LogP contribution in [0, 0.1) is 25.2 Å². The maximum atomic E-state index is 12.2. The average molecular weight is 769 g/mol. The first-order valence-electron chi connectivity index (χ1n) is 20.2. The maximum Gasteiger partial charge on any atom is 0.313 e. The van der Waals surface area contributed by atoms with Crippen molar-refractivity contribution in [1.82, 2.24) is 0 Å². The molecule has 0 N–H and O–H groups in total. The molecule has 5 rings (SSSR count). The monoisotopic (exact) mass is 768 g/mol. The summed E-state index contributed by atoms with van der Waals surface area (Å²) < 4.78 is 25.1. The van der Waals surface area contributed by atoms with Crippen molar-refractivity contribution < 1.29 is 23.7 Å². The van der Waals surface area contributed by atoms with Crippen LogP contribution >= 0.6 is 0 Å². The van der Waals surface area contributed by atoms with Gasteiger partial charge in [-0.25, -0.2) is 0 Å². The lowest BCUT2D eigenvalue weighted by molar-refractivity contribution is -0.137. The molecule has 1 atom stereocenters. The minimum absolute atomic E-state index is 0.197. The topological polar surface area (TPSA) is 54.0 Å². The van der Waals surface area contributed by atoms with Gasteiger partial charge >= 0.3 is 5.97 Å². The molecule has 0 aliphatic heterocycles. The first kappa shape index (κ1) is 43.1. The lowest BCUT2D eigenvalue weighted by Crippen LogP contribution is -2.47. The van der Waals surface area contributed by atoms with E-state index < -0.39 is 11.0 Å². The van der Waals surface area contributed by atoms with Gasteiger partial charge in [0, 0.05) is 16.2 Å². The summed E-state index contributed by atoms with van der Waals surface area (Å²) in [6, 6.07) is 39.8. The number of hydrogen-bond acceptors (Lipinski definition) is 5. The molecule has 0 heterocycles. The molecule has 0 aliphatic rings. The van der Waals surface area contributed by atoms with Gasteiger partial charge in [0.1, 0.15) is 34.2 Å².